The molecule has 0 radical (unpaired) electrons. The van der Waals surface area contributed by atoms with Gasteiger partial charge in [-0.05, 0) is 38.8 Å². The Labute approximate surface area is 187 Å². The van der Waals surface area contributed by atoms with Crippen LogP contribution in [0.3, 0.4) is 0 Å². The van der Waals surface area contributed by atoms with E-state index < -0.39 is 0 Å². The number of nitrogens with zero attached hydrogens (tertiary/aromatic N) is 3. The largest absolute Gasteiger partial charge is 0.338 e. The van der Waals surface area contributed by atoms with Crippen LogP contribution in [-0.4, -0.2) is 39.8 Å². The molecule has 1 aliphatic heterocycles. The predicted octanol–water partition coefficient (Wildman–Crippen LogP) is 5.03. The van der Waals surface area contributed by atoms with Gasteiger partial charge in [-0.2, -0.15) is 0 Å². The topological polar surface area (TPSA) is 75.2 Å². The summed E-state index contributed by atoms with van der Waals surface area (Å²) in [5.74, 6) is -0.149. The lowest BCUT2D eigenvalue weighted by molar-refractivity contribution is -0.121. The molecule has 2 aromatic heterocycles. The Morgan fingerprint density at radius 1 is 1.20 bits per heavy atom. The minimum absolute atomic E-state index is 0.0198. The molecule has 1 aromatic carbocycles. The first-order chi connectivity index (χ1) is 14.4. The first-order valence-corrected chi connectivity index (χ1v) is 11.7. The lowest BCUT2D eigenvalue weighted by atomic mass is 9.96. The summed E-state index contributed by atoms with van der Waals surface area (Å²) in [5.41, 5.74) is 2.52. The van der Waals surface area contributed by atoms with E-state index in [4.69, 9.17) is 11.6 Å². The van der Waals surface area contributed by atoms with E-state index in [0.717, 1.165) is 22.0 Å². The fourth-order valence-electron chi connectivity index (χ4n) is 3.45. The number of thiazole rings is 2. The maximum absolute atomic E-state index is 13.1. The number of piperidine rings is 1. The van der Waals surface area contributed by atoms with E-state index in [1.165, 1.54) is 22.7 Å². The summed E-state index contributed by atoms with van der Waals surface area (Å²) in [4.78, 5) is 36.9. The first kappa shape index (κ1) is 21.0. The van der Waals surface area contributed by atoms with Crippen LogP contribution in [0.4, 0.5) is 5.13 Å². The molecule has 0 unspecified atom stereocenters. The molecule has 6 nitrogen and oxygen atoms in total. The van der Waals surface area contributed by atoms with Crippen molar-refractivity contribution in [3.05, 3.63) is 50.9 Å². The standard InChI is InChI=1S/C21H21ClN4O2S2/c1-12-11-29-21(23-12)25-18(27)14-6-8-26(9-7-14)20(28)17-13(2)24-19(30-17)15-4-3-5-16(22)10-15/h3-5,10-11,14H,6-9H2,1-2H3,(H,23,25,27). The minimum atomic E-state index is -0.108. The number of carbonyl (C=O) groups is 2. The van der Waals surface area contributed by atoms with Gasteiger partial charge in [-0.25, -0.2) is 9.97 Å². The average molecular weight is 461 g/mol. The smallest absolute Gasteiger partial charge is 0.265 e. The van der Waals surface area contributed by atoms with Gasteiger partial charge in [-0.3, -0.25) is 9.59 Å². The van der Waals surface area contributed by atoms with Gasteiger partial charge >= 0.3 is 0 Å². The zero-order valence-electron chi connectivity index (χ0n) is 16.6. The summed E-state index contributed by atoms with van der Waals surface area (Å²) < 4.78 is 0. The van der Waals surface area contributed by atoms with Crippen LogP contribution in [0.2, 0.25) is 5.02 Å². The molecule has 2 amide bonds. The third kappa shape index (κ3) is 4.55. The summed E-state index contributed by atoms with van der Waals surface area (Å²) in [6.45, 7) is 4.86. The Morgan fingerprint density at radius 2 is 1.97 bits per heavy atom. The van der Waals surface area contributed by atoms with E-state index >= 15 is 0 Å². The highest BCUT2D eigenvalue weighted by Gasteiger charge is 2.30. The van der Waals surface area contributed by atoms with Gasteiger partial charge in [0.1, 0.15) is 9.88 Å². The number of hydrogen-bond acceptors (Lipinski definition) is 6. The van der Waals surface area contributed by atoms with E-state index in [0.29, 0.717) is 41.0 Å². The average Bonchev–Trinajstić information content (AvgIpc) is 3.33. The molecule has 0 bridgehead atoms. The van der Waals surface area contributed by atoms with E-state index in [1.807, 2.05) is 48.4 Å². The molecule has 0 atom stereocenters. The van der Waals surface area contributed by atoms with Crippen LogP contribution >= 0.6 is 34.3 Å². The van der Waals surface area contributed by atoms with E-state index in [1.54, 1.807) is 0 Å². The lowest BCUT2D eigenvalue weighted by Crippen LogP contribution is -2.41. The van der Waals surface area contributed by atoms with Crippen LogP contribution in [0.5, 0.6) is 0 Å². The number of anilines is 1. The van der Waals surface area contributed by atoms with E-state index in [2.05, 4.69) is 15.3 Å². The fourth-order valence-corrected chi connectivity index (χ4v) is 5.36. The van der Waals surface area contributed by atoms with Gasteiger partial charge in [-0.1, -0.05) is 23.7 Å². The molecule has 1 fully saturated rings. The molecule has 1 N–H and O–H groups in total. The molecular weight excluding hydrogens is 440 g/mol. The molecule has 156 valence electrons. The molecule has 3 aromatic rings. The second-order valence-corrected chi connectivity index (χ2v) is 9.59. The molecular formula is C21H21ClN4O2S2. The Kier molecular flexibility index (Phi) is 6.17. The van der Waals surface area contributed by atoms with Gasteiger partial charge < -0.3 is 10.2 Å². The highest BCUT2D eigenvalue weighted by atomic mass is 35.5. The predicted molar refractivity (Wildman–Crippen MR) is 121 cm³/mol. The maximum Gasteiger partial charge on any atom is 0.265 e. The van der Waals surface area contributed by atoms with Gasteiger partial charge in [-0.15, -0.1) is 22.7 Å². The highest BCUT2D eigenvalue weighted by molar-refractivity contribution is 7.17. The Hall–Kier alpha value is -2.29. The van der Waals surface area contributed by atoms with Crippen LogP contribution in [0.25, 0.3) is 10.6 Å². The molecule has 3 heterocycles. The van der Waals surface area contributed by atoms with Crippen molar-refractivity contribution in [1.29, 1.82) is 0 Å². The molecule has 0 aliphatic carbocycles. The number of hydrogen-bond donors (Lipinski definition) is 1. The monoisotopic (exact) mass is 460 g/mol. The number of carbonyl (C=O) groups excluding carboxylic acids is 2. The minimum Gasteiger partial charge on any atom is -0.338 e. The van der Waals surface area contributed by atoms with Crippen LogP contribution in [0.1, 0.15) is 33.9 Å². The number of aryl methyl sites for hydroxylation is 2. The number of likely N-dealkylation sites (tertiary alicyclic amines) is 1. The Balaban J connectivity index is 1.39. The molecule has 0 saturated carbocycles. The van der Waals surface area contributed by atoms with Gasteiger partial charge in [0.15, 0.2) is 5.13 Å². The summed E-state index contributed by atoms with van der Waals surface area (Å²) >= 11 is 8.90. The SMILES string of the molecule is Cc1csc(NC(=O)C2CCN(C(=O)c3sc(-c4cccc(Cl)c4)nc3C)CC2)n1. The van der Waals surface area contributed by atoms with Crippen molar-refractivity contribution < 1.29 is 9.59 Å². The molecule has 1 aliphatic rings. The van der Waals surface area contributed by atoms with Crippen molar-refractivity contribution >= 4 is 51.2 Å². The molecule has 30 heavy (non-hydrogen) atoms. The number of nitrogens with one attached hydrogen (secondary N) is 1. The Bertz CT molecular complexity index is 1090. The van der Waals surface area contributed by atoms with Gasteiger partial charge in [0.25, 0.3) is 5.91 Å². The zero-order valence-corrected chi connectivity index (χ0v) is 19.0. The lowest BCUT2D eigenvalue weighted by Gasteiger charge is -2.31. The summed E-state index contributed by atoms with van der Waals surface area (Å²) in [6.07, 6.45) is 1.28. The highest BCUT2D eigenvalue weighted by Crippen LogP contribution is 2.31. The molecule has 0 spiro atoms. The van der Waals surface area contributed by atoms with E-state index in [9.17, 15) is 9.59 Å². The first-order valence-electron chi connectivity index (χ1n) is 9.66. The van der Waals surface area contributed by atoms with Crippen molar-refractivity contribution in [2.45, 2.75) is 26.7 Å². The molecule has 4 rings (SSSR count). The zero-order chi connectivity index (χ0) is 21.3. The van der Waals surface area contributed by atoms with Crippen LogP contribution in [0, 0.1) is 19.8 Å². The maximum atomic E-state index is 13.1. The van der Waals surface area contributed by atoms with Crippen molar-refractivity contribution in [3.63, 3.8) is 0 Å². The second-order valence-electron chi connectivity index (χ2n) is 7.29. The van der Waals surface area contributed by atoms with Gasteiger partial charge in [0.2, 0.25) is 5.91 Å². The van der Waals surface area contributed by atoms with Crippen molar-refractivity contribution in [3.8, 4) is 10.6 Å². The normalized spacial score (nSPS) is 14.7. The van der Waals surface area contributed by atoms with E-state index in [-0.39, 0.29) is 17.7 Å². The third-order valence-electron chi connectivity index (χ3n) is 5.06. The van der Waals surface area contributed by atoms with Gasteiger partial charge in [0, 0.05) is 35.0 Å². The summed E-state index contributed by atoms with van der Waals surface area (Å²) in [5, 5.41) is 6.85. The Morgan fingerprint density at radius 3 is 2.63 bits per heavy atom. The van der Waals surface area contributed by atoms with Gasteiger partial charge in [0.05, 0.1) is 11.4 Å². The third-order valence-corrected chi connectivity index (χ3v) is 7.37. The second kappa shape index (κ2) is 8.83. The number of halogens is 1. The van der Waals surface area contributed by atoms with Crippen molar-refractivity contribution in [1.82, 2.24) is 14.9 Å². The summed E-state index contributed by atoms with van der Waals surface area (Å²) in [7, 11) is 0. The quantitative estimate of drug-likeness (QED) is 0.592. The fraction of sp³-hybridized carbons (Fsp3) is 0.333. The summed E-state index contributed by atoms with van der Waals surface area (Å²) in [6, 6.07) is 7.47. The number of amides is 2. The molecule has 9 heteroatoms. The number of benzene rings is 1. The van der Waals surface area contributed by atoms with Crippen molar-refractivity contribution in [2.75, 3.05) is 18.4 Å². The van der Waals surface area contributed by atoms with Crippen LogP contribution in [-0.2, 0) is 4.79 Å². The molecule has 1 saturated heterocycles. The van der Waals surface area contributed by atoms with Crippen LogP contribution < -0.4 is 5.32 Å². The number of rotatable bonds is 4. The number of aromatic nitrogens is 2. The van der Waals surface area contributed by atoms with Crippen LogP contribution in [0.15, 0.2) is 29.6 Å². The van der Waals surface area contributed by atoms with Crippen molar-refractivity contribution in [2.24, 2.45) is 5.92 Å².